The van der Waals surface area contributed by atoms with Crippen LogP contribution in [0.1, 0.15) is 45.1 Å². The van der Waals surface area contributed by atoms with E-state index in [-0.39, 0.29) is 22.2 Å². The molecule has 1 N–H and O–H groups in total. The van der Waals surface area contributed by atoms with Gasteiger partial charge < -0.3 is 10.0 Å². The van der Waals surface area contributed by atoms with Crippen molar-refractivity contribution < 1.29 is 22.7 Å². The van der Waals surface area contributed by atoms with Crippen LogP contribution in [0.2, 0.25) is 0 Å². The van der Waals surface area contributed by atoms with E-state index in [4.69, 9.17) is 5.11 Å². The van der Waals surface area contributed by atoms with Crippen molar-refractivity contribution in [3.05, 3.63) is 47.8 Å². The van der Waals surface area contributed by atoms with Crippen molar-refractivity contribution >= 4 is 50.7 Å². The molecule has 0 saturated heterocycles. The molecule has 5 nitrogen and oxygen atoms in total. The number of halogens is 1. The summed E-state index contributed by atoms with van der Waals surface area (Å²) in [6.07, 6.45) is 5.35. The van der Waals surface area contributed by atoms with Gasteiger partial charge in [-0.15, -0.1) is 23.5 Å². The van der Waals surface area contributed by atoms with Crippen LogP contribution in [0.15, 0.2) is 46.2 Å². The lowest BCUT2D eigenvalue weighted by Gasteiger charge is -2.36. The van der Waals surface area contributed by atoms with Gasteiger partial charge in [-0.2, -0.15) is 0 Å². The number of anilines is 2. The highest BCUT2D eigenvalue weighted by molar-refractivity contribution is 7.99. The molecule has 186 valence electrons. The normalized spacial score (nSPS) is 19.5. The second kappa shape index (κ2) is 11.4. The zero-order chi connectivity index (χ0) is 24.9. The monoisotopic (exact) mass is 525 g/mol. The number of fused-ring (bicyclic) bond motifs is 1. The first-order valence-electron chi connectivity index (χ1n) is 11.4. The fraction of sp³-hybridized carbons (Fsp3) is 0.480. The molecule has 1 atom stereocenters. The molecule has 0 aromatic heterocycles. The molecule has 3 rings (SSSR count). The average molecular weight is 526 g/mol. The van der Waals surface area contributed by atoms with Crippen molar-refractivity contribution in [1.29, 1.82) is 0 Å². The Hall–Kier alpha value is -1.71. The van der Waals surface area contributed by atoms with Crippen molar-refractivity contribution in [2.45, 2.75) is 55.1 Å². The highest BCUT2D eigenvalue weighted by atomic mass is 32.2. The molecule has 1 unspecified atom stereocenters. The van der Waals surface area contributed by atoms with Crippen LogP contribution in [-0.4, -0.2) is 43.8 Å². The number of unbranched alkanes of at least 4 members (excludes halogenated alkanes) is 1. The smallest absolute Gasteiger partial charge is 0.313 e. The summed E-state index contributed by atoms with van der Waals surface area (Å²) >= 11 is 2.76. The third kappa shape index (κ3) is 6.10. The molecule has 0 radical (unpaired) electrons. The number of hydrogen-bond acceptors (Lipinski definition) is 6. The van der Waals surface area contributed by atoms with Crippen LogP contribution < -0.4 is 4.90 Å². The SMILES string of the molecule is CCCCC1(CC)CN(c2ccc(F)cc2)c2cc(SC)c(CSCC(=O)O)cc2S(=O)(=O)C1. The first-order chi connectivity index (χ1) is 16.1. The van der Waals surface area contributed by atoms with E-state index < -0.39 is 21.2 Å². The lowest BCUT2D eigenvalue weighted by molar-refractivity contribution is -0.133. The summed E-state index contributed by atoms with van der Waals surface area (Å²) in [6, 6.07) is 9.84. The summed E-state index contributed by atoms with van der Waals surface area (Å²) in [4.78, 5) is 14.2. The lowest BCUT2D eigenvalue weighted by atomic mass is 9.81. The van der Waals surface area contributed by atoms with Gasteiger partial charge in [0.05, 0.1) is 22.1 Å². The molecule has 34 heavy (non-hydrogen) atoms. The molecular formula is C25H32FNO4S3. The summed E-state index contributed by atoms with van der Waals surface area (Å²) in [5.41, 5.74) is 1.75. The third-order valence-electron chi connectivity index (χ3n) is 6.41. The van der Waals surface area contributed by atoms with Gasteiger partial charge in [0.25, 0.3) is 0 Å². The Labute approximate surface area is 210 Å². The van der Waals surface area contributed by atoms with Crippen LogP contribution in [0.5, 0.6) is 0 Å². The van der Waals surface area contributed by atoms with Crippen molar-refractivity contribution in [3.8, 4) is 0 Å². The van der Waals surface area contributed by atoms with Crippen molar-refractivity contribution in [2.75, 3.05) is 29.2 Å². The third-order valence-corrected chi connectivity index (χ3v) is 10.2. The summed E-state index contributed by atoms with van der Waals surface area (Å²) in [7, 11) is -3.62. The lowest BCUT2D eigenvalue weighted by Crippen LogP contribution is -2.37. The fourth-order valence-electron chi connectivity index (χ4n) is 4.49. The van der Waals surface area contributed by atoms with Crippen LogP contribution >= 0.6 is 23.5 Å². The van der Waals surface area contributed by atoms with Gasteiger partial charge in [0.2, 0.25) is 0 Å². The van der Waals surface area contributed by atoms with Crippen molar-refractivity contribution in [1.82, 2.24) is 0 Å². The number of carbonyl (C=O) groups is 1. The van der Waals surface area contributed by atoms with Crippen LogP contribution in [0.25, 0.3) is 0 Å². The maximum atomic E-state index is 13.8. The summed E-state index contributed by atoms with van der Waals surface area (Å²) in [5.74, 6) is -0.813. The van der Waals surface area contributed by atoms with Gasteiger partial charge >= 0.3 is 5.97 Å². The second-order valence-corrected chi connectivity index (χ2v) is 12.6. The minimum absolute atomic E-state index is 0.0463. The minimum atomic E-state index is -3.62. The van der Waals surface area contributed by atoms with Crippen molar-refractivity contribution in [2.24, 2.45) is 5.41 Å². The number of sulfone groups is 1. The van der Waals surface area contributed by atoms with E-state index in [2.05, 4.69) is 6.92 Å². The number of hydrogen-bond donors (Lipinski definition) is 1. The molecular weight excluding hydrogens is 493 g/mol. The molecule has 1 aliphatic rings. The molecule has 2 aromatic rings. The molecule has 2 aromatic carbocycles. The van der Waals surface area contributed by atoms with E-state index in [1.54, 1.807) is 18.2 Å². The topological polar surface area (TPSA) is 74.7 Å². The van der Waals surface area contributed by atoms with Gasteiger partial charge in [0.1, 0.15) is 5.82 Å². The quantitative estimate of drug-likeness (QED) is 0.361. The van der Waals surface area contributed by atoms with Gasteiger partial charge in [0.15, 0.2) is 9.84 Å². The van der Waals surface area contributed by atoms with E-state index >= 15 is 0 Å². The fourth-order valence-corrected chi connectivity index (χ4v) is 8.16. The van der Waals surface area contributed by atoms with Gasteiger partial charge in [-0.05, 0) is 61.1 Å². The zero-order valence-corrected chi connectivity index (χ0v) is 22.3. The first-order valence-corrected chi connectivity index (χ1v) is 15.4. The largest absolute Gasteiger partial charge is 0.481 e. The number of benzene rings is 2. The van der Waals surface area contributed by atoms with Crippen LogP contribution in [-0.2, 0) is 20.4 Å². The number of rotatable bonds is 10. The van der Waals surface area contributed by atoms with E-state index in [1.807, 2.05) is 24.1 Å². The standard InChI is InChI=1S/C25H32FNO4S3/c1-4-6-11-25(5-2)16-27(20-9-7-19(26)8-10-20)21-13-22(32-3)18(14-33-15-24(28)29)12-23(21)34(30,31)17-25/h7-10,12-13H,4-6,11,14-17H2,1-3H3,(H,28,29). The molecule has 0 bridgehead atoms. The molecule has 0 spiro atoms. The van der Waals surface area contributed by atoms with E-state index in [9.17, 15) is 17.6 Å². The summed E-state index contributed by atoms with van der Waals surface area (Å²) in [6.45, 7) is 4.68. The number of carboxylic acid groups (broad SMARTS) is 1. The molecule has 0 saturated carbocycles. The van der Waals surface area contributed by atoms with Gasteiger partial charge in [-0.25, -0.2) is 12.8 Å². The number of aliphatic carboxylic acids is 1. The highest BCUT2D eigenvalue weighted by Crippen LogP contribution is 2.46. The second-order valence-electron chi connectivity index (χ2n) is 8.80. The molecule has 0 aliphatic carbocycles. The summed E-state index contributed by atoms with van der Waals surface area (Å²) < 4.78 is 41.3. The number of carboxylic acids is 1. The Morgan fingerprint density at radius 1 is 1.21 bits per heavy atom. The van der Waals surface area contributed by atoms with Crippen LogP contribution in [0.4, 0.5) is 15.8 Å². The maximum Gasteiger partial charge on any atom is 0.313 e. The van der Waals surface area contributed by atoms with Crippen LogP contribution in [0, 0.1) is 11.2 Å². The number of nitrogens with zero attached hydrogens (tertiary/aromatic N) is 1. The predicted octanol–water partition coefficient (Wildman–Crippen LogP) is 6.38. The summed E-state index contributed by atoms with van der Waals surface area (Å²) in [5, 5.41) is 9.01. The Kier molecular flexibility index (Phi) is 8.98. The van der Waals surface area contributed by atoms with Gasteiger partial charge in [0, 0.05) is 28.3 Å². The molecule has 0 fully saturated rings. The molecule has 0 amide bonds. The van der Waals surface area contributed by atoms with Crippen LogP contribution in [0.3, 0.4) is 0 Å². The number of thioether (sulfide) groups is 2. The Morgan fingerprint density at radius 3 is 2.50 bits per heavy atom. The first kappa shape index (κ1) is 26.9. The maximum absolute atomic E-state index is 13.8. The van der Waals surface area contributed by atoms with E-state index in [0.29, 0.717) is 24.4 Å². The minimum Gasteiger partial charge on any atom is -0.481 e. The van der Waals surface area contributed by atoms with E-state index in [0.717, 1.165) is 35.4 Å². The Bertz CT molecular complexity index is 1120. The Balaban J connectivity index is 2.19. The Morgan fingerprint density at radius 2 is 1.91 bits per heavy atom. The predicted molar refractivity (Wildman–Crippen MR) is 140 cm³/mol. The molecule has 1 aliphatic heterocycles. The van der Waals surface area contributed by atoms with Crippen molar-refractivity contribution in [3.63, 3.8) is 0 Å². The van der Waals surface area contributed by atoms with Gasteiger partial charge in [-0.1, -0.05) is 26.7 Å². The van der Waals surface area contributed by atoms with Gasteiger partial charge in [-0.3, -0.25) is 4.79 Å². The molecule has 1 heterocycles. The van der Waals surface area contributed by atoms with E-state index in [1.165, 1.54) is 35.7 Å². The average Bonchev–Trinajstić information content (AvgIpc) is 2.90. The highest BCUT2D eigenvalue weighted by Gasteiger charge is 2.41. The molecule has 9 heteroatoms. The zero-order valence-electron chi connectivity index (χ0n) is 19.8.